The first kappa shape index (κ1) is 13.5. The van der Waals surface area contributed by atoms with E-state index in [1.54, 1.807) is 17.4 Å². The predicted molar refractivity (Wildman–Crippen MR) is 88.5 cm³/mol. The Labute approximate surface area is 127 Å². The highest BCUT2D eigenvalue weighted by atomic mass is 32.1. The zero-order valence-electron chi connectivity index (χ0n) is 11.5. The molecule has 0 aliphatic rings. The molecule has 0 unspecified atom stereocenters. The summed E-state index contributed by atoms with van der Waals surface area (Å²) in [4.78, 5) is 16.3. The van der Waals surface area contributed by atoms with E-state index in [4.69, 9.17) is 0 Å². The molecule has 3 rings (SSSR count). The normalized spacial score (nSPS) is 11.1. The number of fused-ring (bicyclic) bond motifs is 1. The Morgan fingerprint density at radius 1 is 1.19 bits per heavy atom. The molecule has 104 valence electrons. The number of thiazole rings is 1. The first-order valence-electron chi connectivity index (χ1n) is 6.62. The minimum Gasteiger partial charge on any atom is -0.322 e. The molecule has 0 spiro atoms. The van der Waals surface area contributed by atoms with Gasteiger partial charge in [-0.2, -0.15) is 0 Å². The molecule has 0 radical (unpaired) electrons. The van der Waals surface area contributed by atoms with E-state index in [0.717, 1.165) is 26.5 Å². The number of hydrogen-bond acceptors (Lipinski definition) is 3. The Kier molecular flexibility index (Phi) is 3.79. The predicted octanol–water partition coefficient (Wildman–Crippen LogP) is 4.26. The van der Waals surface area contributed by atoms with Gasteiger partial charge in [-0.3, -0.25) is 4.79 Å². The van der Waals surface area contributed by atoms with Crippen molar-refractivity contribution in [3.63, 3.8) is 0 Å². The molecule has 1 amide bonds. The van der Waals surface area contributed by atoms with Gasteiger partial charge in [0.1, 0.15) is 0 Å². The Morgan fingerprint density at radius 3 is 2.81 bits per heavy atom. The van der Waals surface area contributed by atoms with E-state index in [-0.39, 0.29) is 5.91 Å². The van der Waals surface area contributed by atoms with Crippen molar-refractivity contribution in [1.29, 1.82) is 0 Å². The van der Waals surface area contributed by atoms with Gasteiger partial charge < -0.3 is 5.32 Å². The van der Waals surface area contributed by atoms with E-state index in [2.05, 4.69) is 10.3 Å². The Morgan fingerprint density at radius 2 is 2.00 bits per heavy atom. The van der Waals surface area contributed by atoms with Crippen LogP contribution in [0, 0.1) is 6.92 Å². The third-order valence-corrected chi connectivity index (χ3v) is 3.92. The van der Waals surface area contributed by atoms with Crippen LogP contribution >= 0.6 is 11.3 Å². The lowest BCUT2D eigenvalue weighted by molar-refractivity contribution is -0.111. The average molecular weight is 294 g/mol. The smallest absolute Gasteiger partial charge is 0.248 e. The summed E-state index contributed by atoms with van der Waals surface area (Å²) in [5, 5.41) is 3.89. The van der Waals surface area contributed by atoms with Crippen LogP contribution in [-0.4, -0.2) is 10.9 Å². The van der Waals surface area contributed by atoms with Crippen molar-refractivity contribution >= 4 is 39.2 Å². The lowest BCUT2D eigenvalue weighted by Gasteiger charge is -2.01. The van der Waals surface area contributed by atoms with Crippen molar-refractivity contribution in [3.8, 4) is 0 Å². The zero-order chi connectivity index (χ0) is 14.7. The molecule has 1 aromatic heterocycles. The van der Waals surface area contributed by atoms with Gasteiger partial charge in [-0.05, 0) is 36.8 Å². The Balaban J connectivity index is 1.72. The number of aromatic nitrogens is 1. The number of nitrogens with zero attached hydrogens (tertiary/aromatic N) is 1. The van der Waals surface area contributed by atoms with Gasteiger partial charge in [-0.15, -0.1) is 11.3 Å². The number of rotatable bonds is 3. The summed E-state index contributed by atoms with van der Waals surface area (Å²) in [5.74, 6) is -0.139. The van der Waals surface area contributed by atoms with Crippen molar-refractivity contribution < 1.29 is 4.79 Å². The topological polar surface area (TPSA) is 42.0 Å². The first-order chi connectivity index (χ1) is 10.2. The molecule has 1 heterocycles. The van der Waals surface area contributed by atoms with Gasteiger partial charge in [0.05, 0.1) is 15.2 Å². The van der Waals surface area contributed by atoms with Gasteiger partial charge in [0, 0.05) is 11.8 Å². The fourth-order valence-corrected chi connectivity index (χ4v) is 2.90. The number of benzene rings is 2. The van der Waals surface area contributed by atoms with Crippen LogP contribution in [0.4, 0.5) is 5.69 Å². The summed E-state index contributed by atoms with van der Waals surface area (Å²) in [6.45, 7) is 1.98. The molecule has 0 saturated heterocycles. The summed E-state index contributed by atoms with van der Waals surface area (Å²) in [6.07, 6.45) is 3.34. The molecule has 21 heavy (non-hydrogen) atoms. The minimum absolute atomic E-state index is 0.139. The van der Waals surface area contributed by atoms with E-state index in [1.807, 2.05) is 55.5 Å². The number of hydrogen-bond donors (Lipinski definition) is 1. The van der Waals surface area contributed by atoms with Crippen molar-refractivity contribution in [1.82, 2.24) is 4.98 Å². The van der Waals surface area contributed by atoms with Gasteiger partial charge in [0.15, 0.2) is 0 Å². The quantitative estimate of drug-likeness (QED) is 0.733. The van der Waals surface area contributed by atoms with Gasteiger partial charge in [0.2, 0.25) is 5.91 Å². The van der Waals surface area contributed by atoms with Crippen LogP contribution in [0.15, 0.2) is 54.6 Å². The molecule has 3 nitrogen and oxygen atoms in total. The van der Waals surface area contributed by atoms with Gasteiger partial charge in [0.25, 0.3) is 0 Å². The third kappa shape index (κ3) is 3.35. The van der Waals surface area contributed by atoms with Crippen LogP contribution in [0.3, 0.4) is 0 Å². The molecule has 0 bridgehead atoms. The number of aryl methyl sites for hydroxylation is 1. The lowest BCUT2D eigenvalue weighted by Crippen LogP contribution is -2.07. The van der Waals surface area contributed by atoms with Crippen molar-refractivity contribution in [3.05, 3.63) is 65.2 Å². The van der Waals surface area contributed by atoms with Crippen LogP contribution in [0.1, 0.15) is 10.6 Å². The van der Waals surface area contributed by atoms with E-state index >= 15 is 0 Å². The summed E-state index contributed by atoms with van der Waals surface area (Å²) in [5.41, 5.74) is 2.75. The zero-order valence-corrected chi connectivity index (χ0v) is 12.4. The average Bonchev–Trinajstić information content (AvgIpc) is 2.85. The van der Waals surface area contributed by atoms with E-state index in [0.29, 0.717) is 0 Å². The van der Waals surface area contributed by atoms with Crippen molar-refractivity contribution in [2.45, 2.75) is 6.92 Å². The number of carbonyl (C=O) groups excluding carboxylic acids is 1. The maximum Gasteiger partial charge on any atom is 0.248 e. The molecular formula is C17H14N2OS. The number of nitrogens with one attached hydrogen (secondary N) is 1. The maximum atomic E-state index is 11.9. The van der Waals surface area contributed by atoms with E-state index in [1.165, 1.54) is 6.08 Å². The van der Waals surface area contributed by atoms with Crippen LogP contribution in [0.25, 0.3) is 16.3 Å². The third-order valence-electron chi connectivity index (χ3n) is 2.99. The SMILES string of the molecule is Cc1nc2ccc(NC(=O)C=Cc3ccccc3)cc2s1. The van der Waals surface area contributed by atoms with Gasteiger partial charge in [-0.25, -0.2) is 4.98 Å². The standard InChI is InChI=1S/C17H14N2OS/c1-12-18-15-9-8-14(11-16(15)21-12)19-17(20)10-7-13-5-3-2-4-6-13/h2-11H,1H3,(H,19,20). The maximum absolute atomic E-state index is 11.9. The molecule has 0 aliphatic heterocycles. The molecule has 0 aliphatic carbocycles. The number of amides is 1. The number of anilines is 1. The molecule has 2 aromatic carbocycles. The minimum atomic E-state index is -0.139. The van der Waals surface area contributed by atoms with Gasteiger partial charge in [-0.1, -0.05) is 30.3 Å². The first-order valence-corrected chi connectivity index (χ1v) is 7.44. The highest BCUT2D eigenvalue weighted by molar-refractivity contribution is 7.18. The van der Waals surface area contributed by atoms with Crippen LogP contribution < -0.4 is 5.32 Å². The van der Waals surface area contributed by atoms with E-state index < -0.39 is 0 Å². The summed E-state index contributed by atoms with van der Waals surface area (Å²) < 4.78 is 1.08. The molecule has 0 atom stereocenters. The molecule has 0 saturated carbocycles. The second kappa shape index (κ2) is 5.89. The van der Waals surface area contributed by atoms with E-state index in [9.17, 15) is 4.79 Å². The second-order valence-corrected chi connectivity index (χ2v) is 5.88. The molecule has 4 heteroatoms. The number of carbonyl (C=O) groups is 1. The lowest BCUT2D eigenvalue weighted by atomic mass is 10.2. The van der Waals surface area contributed by atoms with Crippen LogP contribution in [-0.2, 0) is 4.79 Å². The van der Waals surface area contributed by atoms with Crippen molar-refractivity contribution in [2.75, 3.05) is 5.32 Å². The fraction of sp³-hybridized carbons (Fsp3) is 0.0588. The highest BCUT2D eigenvalue weighted by Gasteiger charge is 2.03. The van der Waals surface area contributed by atoms with Crippen molar-refractivity contribution in [2.24, 2.45) is 0 Å². The monoisotopic (exact) mass is 294 g/mol. The second-order valence-electron chi connectivity index (χ2n) is 4.65. The largest absolute Gasteiger partial charge is 0.322 e. The Hall–Kier alpha value is -2.46. The Bertz CT molecular complexity index is 806. The summed E-state index contributed by atoms with van der Waals surface area (Å²) in [6, 6.07) is 15.5. The van der Waals surface area contributed by atoms with Crippen LogP contribution in [0.2, 0.25) is 0 Å². The molecule has 3 aromatic rings. The fourth-order valence-electron chi connectivity index (χ4n) is 2.04. The molecule has 0 fully saturated rings. The highest BCUT2D eigenvalue weighted by Crippen LogP contribution is 2.24. The molecular weight excluding hydrogens is 280 g/mol. The summed E-state index contributed by atoms with van der Waals surface area (Å²) in [7, 11) is 0. The summed E-state index contributed by atoms with van der Waals surface area (Å²) >= 11 is 1.62. The van der Waals surface area contributed by atoms with Crippen LogP contribution in [0.5, 0.6) is 0 Å². The van der Waals surface area contributed by atoms with Gasteiger partial charge >= 0.3 is 0 Å². The molecule has 1 N–H and O–H groups in total.